The van der Waals surface area contributed by atoms with Crippen molar-refractivity contribution in [2.45, 2.75) is 25.8 Å². The van der Waals surface area contributed by atoms with Crippen molar-refractivity contribution < 1.29 is 9.53 Å². The maximum absolute atomic E-state index is 12.8. The summed E-state index contributed by atoms with van der Waals surface area (Å²) < 4.78 is 8.32. The van der Waals surface area contributed by atoms with Crippen LogP contribution in [0.4, 0.5) is 0 Å². The van der Waals surface area contributed by atoms with Crippen LogP contribution in [0.5, 0.6) is 0 Å². The smallest absolute Gasteiger partial charge is 0.247 e. The molecule has 0 fully saturated rings. The molecule has 0 saturated heterocycles. The zero-order chi connectivity index (χ0) is 18.5. The molecule has 1 unspecified atom stereocenters. The van der Waals surface area contributed by atoms with Crippen LogP contribution in [0.3, 0.4) is 0 Å². The van der Waals surface area contributed by atoms with Crippen LogP contribution in [-0.4, -0.2) is 33.0 Å². The third-order valence-electron chi connectivity index (χ3n) is 4.58. The molecule has 1 atom stereocenters. The maximum atomic E-state index is 12.8. The zero-order valence-corrected chi connectivity index (χ0v) is 15.7. The third kappa shape index (κ3) is 4.53. The van der Waals surface area contributed by atoms with Gasteiger partial charge in [0.2, 0.25) is 5.91 Å². The average molecular weight is 379 g/mol. The number of rotatable bonds is 5. The Morgan fingerprint density at radius 1 is 1.22 bits per heavy atom. The fraction of sp³-hybridized carbons (Fsp3) is 0.238. The molecule has 1 amide bonds. The van der Waals surface area contributed by atoms with Crippen LogP contribution in [0.15, 0.2) is 66.4 Å². The standard InChI is InChI=1S/C21H21N3O2S/c25-21(6-5-20-4-2-12-27-20)24-13-18-3-1-11-23(18)14-19(15-24)26-16-17-7-9-22-10-8-17/h1-12,19H,13-16H2/b6-5+. The van der Waals surface area contributed by atoms with Gasteiger partial charge in [0.1, 0.15) is 0 Å². The van der Waals surface area contributed by atoms with Gasteiger partial charge in [-0.15, -0.1) is 11.3 Å². The second-order valence-corrected chi connectivity index (χ2v) is 7.49. The topological polar surface area (TPSA) is 47.4 Å². The van der Waals surface area contributed by atoms with Crippen LogP contribution in [0.25, 0.3) is 6.08 Å². The van der Waals surface area contributed by atoms with E-state index in [2.05, 4.69) is 15.6 Å². The summed E-state index contributed by atoms with van der Waals surface area (Å²) in [6, 6.07) is 12.0. The molecule has 0 radical (unpaired) electrons. The minimum atomic E-state index is -0.0640. The quantitative estimate of drug-likeness (QED) is 0.637. The fourth-order valence-corrected chi connectivity index (χ4v) is 3.78. The number of fused-ring (bicyclic) bond motifs is 1. The van der Waals surface area contributed by atoms with E-state index in [1.807, 2.05) is 52.9 Å². The van der Waals surface area contributed by atoms with Crippen LogP contribution in [-0.2, 0) is 29.2 Å². The van der Waals surface area contributed by atoms with Gasteiger partial charge >= 0.3 is 0 Å². The fourth-order valence-electron chi connectivity index (χ4n) is 3.17. The number of ether oxygens (including phenoxy) is 1. The van der Waals surface area contributed by atoms with E-state index in [0.29, 0.717) is 19.7 Å². The van der Waals surface area contributed by atoms with Gasteiger partial charge in [-0.1, -0.05) is 6.07 Å². The predicted molar refractivity (Wildman–Crippen MR) is 106 cm³/mol. The van der Waals surface area contributed by atoms with Crippen LogP contribution >= 0.6 is 11.3 Å². The monoisotopic (exact) mass is 379 g/mol. The molecule has 0 aromatic carbocycles. The first-order valence-electron chi connectivity index (χ1n) is 8.93. The average Bonchev–Trinajstić information content (AvgIpc) is 3.34. The van der Waals surface area contributed by atoms with Crippen molar-refractivity contribution >= 4 is 23.3 Å². The molecule has 0 aliphatic carbocycles. The summed E-state index contributed by atoms with van der Waals surface area (Å²) in [6.45, 7) is 2.42. The highest BCUT2D eigenvalue weighted by atomic mass is 32.1. The minimum absolute atomic E-state index is 0.00978. The van der Waals surface area contributed by atoms with Crippen molar-refractivity contribution in [2.75, 3.05) is 6.54 Å². The highest BCUT2D eigenvalue weighted by Gasteiger charge is 2.24. The molecule has 0 spiro atoms. The third-order valence-corrected chi connectivity index (χ3v) is 5.42. The summed E-state index contributed by atoms with van der Waals surface area (Å²) in [6.07, 6.45) is 9.05. The summed E-state index contributed by atoms with van der Waals surface area (Å²) in [4.78, 5) is 19.7. The lowest BCUT2D eigenvalue weighted by molar-refractivity contribution is -0.128. The van der Waals surface area contributed by atoms with E-state index in [1.54, 1.807) is 29.8 Å². The van der Waals surface area contributed by atoms with Gasteiger partial charge in [0.05, 0.1) is 25.8 Å². The normalized spacial score (nSPS) is 17.0. The highest BCUT2D eigenvalue weighted by Crippen LogP contribution is 2.18. The first-order chi connectivity index (χ1) is 13.3. The Morgan fingerprint density at radius 3 is 2.93 bits per heavy atom. The van der Waals surface area contributed by atoms with Gasteiger partial charge in [0.25, 0.3) is 0 Å². The molecule has 27 heavy (non-hydrogen) atoms. The molecule has 0 saturated carbocycles. The molecule has 6 heteroatoms. The van der Waals surface area contributed by atoms with E-state index < -0.39 is 0 Å². The molecule has 138 valence electrons. The van der Waals surface area contributed by atoms with E-state index >= 15 is 0 Å². The van der Waals surface area contributed by atoms with Gasteiger partial charge in [-0.3, -0.25) is 9.78 Å². The van der Waals surface area contributed by atoms with Crippen molar-refractivity contribution in [1.82, 2.24) is 14.5 Å². The number of aromatic nitrogens is 2. The molecular weight excluding hydrogens is 358 g/mol. The van der Waals surface area contributed by atoms with Gasteiger partial charge in [-0.05, 0) is 47.4 Å². The summed E-state index contributed by atoms with van der Waals surface area (Å²) in [5, 5.41) is 2.01. The van der Waals surface area contributed by atoms with Gasteiger partial charge in [-0.2, -0.15) is 0 Å². The summed E-state index contributed by atoms with van der Waals surface area (Å²) >= 11 is 1.62. The first kappa shape index (κ1) is 17.7. The molecule has 4 heterocycles. The van der Waals surface area contributed by atoms with Gasteiger partial charge in [-0.25, -0.2) is 0 Å². The number of carbonyl (C=O) groups excluding carboxylic acids is 1. The van der Waals surface area contributed by atoms with Crippen LogP contribution < -0.4 is 0 Å². The first-order valence-corrected chi connectivity index (χ1v) is 9.81. The van der Waals surface area contributed by atoms with Crippen molar-refractivity contribution in [3.05, 3.63) is 82.6 Å². The Hall–Kier alpha value is -2.70. The van der Waals surface area contributed by atoms with Crippen LogP contribution in [0.2, 0.25) is 0 Å². The van der Waals surface area contributed by atoms with E-state index in [0.717, 1.165) is 22.7 Å². The number of pyridine rings is 1. The molecule has 1 aliphatic rings. The second-order valence-electron chi connectivity index (χ2n) is 6.51. The van der Waals surface area contributed by atoms with Crippen molar-refractivity contribution in [2.24, 2.45) is 0 Å². The number of nitrogens with zero attached hydrogens (tertiary/aromatic N) is 3. The Balaban J connectivity index is 1.47. The second kappa shape index (κ2) is 8.33. The minimum Gasteiger partial charge on any atom is -0.370 e. The predicted octanol–water partition coefficient (Wildman–Crippen LogP) is 3.59. The molecule has 3 aromatic heterocycles. The van der Waals surface area contributed by atoms with Gasteiger partial charge < -0.3 is 14.2 Å². The molecule has 1 aliphatic heterocycles. The highest BCUT2D eigenvalue weighted by molar-refractivity contribution is 7.10. The SMILES string of the molecule is O=C(/C=C/c1cccs1)N1Cc2cccn2CC(OCc2ccncc2)C1. The lowest BCUT2D eigenvalue weighted by Crippen LogP contribution is -2.36. The lowest BCUT2D eigenvalue weighted by Gasteiger charge is -2.23. The Morgan fingerprint density at radius 2 is 2.11 bits per heavy atom. The molecule has 3 aromatic rings. The number of hydrogen-bond acceptors (Lipinski definition) is 4. The lowest BCUT2D eigenvalue weighted by atomic mass is 10.2. The number of hydrogen-bond donors (Lipinski definition) is 0. The van der Waals surface area contributed by atoms with E-state index in [4.69, 9.17) is 4.74 Å². The summed E-state index contributed by atoms with van der Waals surface area (Å²) in [5.74, 6) is 0.00978. The Kier molecular flexibility index (Phi) is 5.46. The van der Waals surface area contributed by atoms with E-state index in [-0.39, 0.29) is 12.0 Å². The number of carbonyl (C=O) groups is 1. The molecule has 5 nitrogen and oxygen atoms in total. The largest absolute Gasteiger partial charge is 0.370 e. The summed E-state index contributed by atoms with van der Waals surface area (Å²) in [7, 11) is 0. The van der Waals surface area contributed by atoms with Crippen LogP contribution in [0, 0.1) is 0 Å². The molecule has 0 N–H and O–H groups in total. The molecule has 0 bridgehead atoms. The Bertz CT molecular complexity index is 903. The van der Waals surface area contributed by atoms with Gasteiger partial charge in [0, 0.05) is 41.8 Å². The van der Waals surface area contributed by atoms with Crippen molar-refractivity contribution in [3.63, 3.8) is 0 Å². The maximum Gasteiger partial charge on any atom is 0.247 e. The van der Waals surface area contributed by atoms with E-state index in [9.17, 15) is 4.79 Å². The van der Waals surface area contributed by atoms with Crippen molar-refractivity contribution in [3.8, 4) is 0 Å². The van der Waals surface area contributed by atoms with E-state index in [1.165, 1.54) is 0 Å². The van der Waals surface area contributed by atoms with Crippen molar-refractivity contribution in [1.29, 1.82) is 0 Å². The Labute approximate surface area is 162 Å². The molecule has 4 rings (SSSR count). The van der Waals surface area contributed by atoms with Gasteiger partial charge in [0.15, 0.2) is 0 Å². The van der Waals surface area contributed by atoms with Crippen LogP contribution in [0.1, 0.15) is 16.1 Å². The zero-order valence-electron chi connectivity index (χ0n) is 14.9. The number of amides is 1. The summed E-state index contributed by atoms with van der Waals surface area (Å²) in [5.41, 5.74) is 2.21. The molecular formula is C21H21N3O2S. The number of thiophene rings is 1.